The van der Waals surface area contributed by atoms with E-state index in [0.717, 1.165) is 0 Å². The highest BCUT2D eigenvalue weighted by Crippen LogP contribution is 2.26. The standard InChI is InChI=1S/C12H15N3O3/c1-12(9-13,14-2)7-8-18-11-6-4-3-5-10(11)15(16)17/h3-6,14H,7-8H2,1-2H3. The van der Waals surface area contributed by atoms with Gasteiger partial charge in [-0.1, -0.05) is 12.1 Å². The number of nitro benzene ring substituents is 1. The Morgan fingerprint density at radius 3 is 2.78 bits per heavy atom. The molecule has 6 heteroatoms. The van der Waals surface area contributed by atoms with Crippen LogP contribution in [0.3, 0.4) is 0 Å². The number of benzene rings is 1. The van der Waals surface area contributed by atoms with Gasteiger partial charge in [0.25, 0.3) is 0 Å². The molecule has 0 heterocycles. The van der Waals surface area contributed by atoms with Gasteiger partial charge in [0.2, 0.25) is 0 Å². The maximum Gasteiger partial charge on any atom is 0.310 e. The summed E-state index contributed by atoms with van der Waals surface area (Å²) in [5.41, 5.74) is -0.760. The van der Waals surface area contributed by atoms with Gasteiger partial charge >= 0.3 is 5.69 Å². The highest BCUT2D eigenvalue weighted by molar-refractivity contribution is 5.45. The predicted molar refractivity (Wildman–Crippen MR) is 66.3 cm³/mol. The molecule has 0 aliphatic carbocycles. The van der Waals surface area contributed by atoms with Gasteiger partial charge in [-0.15, -0.1) is 0 Å². The highest BCUT2D eigenvalue weighted by Gasteiger charge is 2.22. The summed E-state index contributed by atoms with van der Waals surface area (Å²) in [6.45, 7) is 1.98. The van der Waals surface area contributed by atoms with Crippen LogP contribution in [-0.4, -0.2) is 24.1 Å². The first-order valence-corrected chi connectivity index (χ1v) is 5.49. The fourth-order valence-corrected chi connectivity index (χ4v) is 1.33. The first-order valence-electron chi connectivity index (χ1n) is 5.49. The van der Waals surface area contributed by atoms with Crippen molar-refractivity contribution in [2.24, 2.45) is 0 Å². The zero-order chi connectivity index (χ0) is 13.6. The molecule has 0 radical (unpaired) electrons. The minimum atomic E-state index is -0.691. The molecule has 0 bridgehead atoms. The van der Waals surface area contributed by atoms with E-state index in [2.05, 4.69) is 11.4 Å². The average molecular weight is 249 g/mol. The van der Waals surface area contributed by atoms with E-state index in [1.807, 2.05) is 0 Å². The zero-order valence-corrected chi connectivity index (χ0v) is 10.3. The second kappa shape index (κ2) is 5.98. The molecule has 1 N–H and O–H groups in total. The third-order valence-corrected chi connectivity index (χ3v) is 2.72. The number of nitrogens with one attached hydrogen (secondary N) is 1. The second-order valence-electron chi connectivity index (χ2n) is 4.02. The molecule has 1 aromatic rings. The van der Waals surface area contributed by atoms with Crippen molar-refractivity contribution in [1.82, 2.24) is 5.32 Å². The number of nitrogens with zero attached hydrogens (tertiary/aromatic N) is 2. The number of para-hydroxylation sites is 2. The smallest absolute Gasteiger partial charge is 0.310 e. The van der Waals surface area contributed by atoms with E-state index in [0.29, 0.717) is 6.42 Å². The maximum absolute atomic E-state index is 10.8. The van der Waals surface area contributed by atoms with Crippen LogP contribution < -0.4 is 10.1 Å². The predicted octanol–water partition coefficient (Wildman–Crippen LogP) is 1.87. The highest BCUT2D eigenvalue weighted by atomic mass is 16.6. The Labute approximate surface area is 105 Å². The van der Waals surface area contributed by atoms with E-state index < -0.39 is 10.5 Å². The summed E-state index contributed by atoms with van der Waals surface area (Å²) in [5, 5.41) is 22.6. The Morgan fingerprint density at radius 1 is 1.56 bits per heavy atom. The number of rotatable bonds is 6. The Morgan fingerprint density at radius 2 is 2.22 bits per heavy atom. The van der Waals surface area contributed by atoms with Crippen LogP contribution in [0.15, 0.2) is 24.3 Å². The van der Waals surface area contributed by atoms with Crippen LogP contribution in [0.1, 0.15) is 13.3 Å². The van der Waals surface area contributed by atoms with Gasteiger partial charge in [-0.05, 0) is 20.0 Å². The maximum atomic E-state index is 10.8. The van der Waals surface area contributed by atoms with Crippen molar-refractivity contribution in [2.45, 2.75) is 18.9 Å². The van der Waals surface area contributed by atoms with E-state index in [1.165, 1.54) is 6.07 Å². The third kappa shape index (κ3) is 3.43. The number of ether oxygens (including phenoxy) is 1. The number of nitro groups is 1. The summed E-state index contributed by atoms with van der Waals surface area (Å²) in [6.07, 6.45) is 0.437. The van der Waals surface area contributed by atoms with Crippen molar-refractivity contribution in [3.05, 3.63) is 34.4 Å². The minimum Gasteiger partial charge on any atom is -0.487 e. The summed E-state index contributed by atoms with van der Waals surface area (Å²) in [4.78, 5) is 10.3. The quantitative estimate of drug-likeness (QED) is 0.614. The molecule has 1 aromatic carbocycles. The summed E-state index contributed by atoms with van der Waals surface area (Å²) < 4.78 is 5.37. The van der Waals surface area contributed by atoms with Crippen LogP contribution in [-0.2, 0) is 0 Å². The van der Waals surface area contributed by atoms with Gasteiger partial charge in [0, 0.05) is 12.5 Å². The van der Waals surface area contributed by atoms with Crippen LogP contribution >= 0.6 is 0 Å². The molecule has 0 aromatic heterocycles. The molecular formula is C12H15N3O3. The van der Waals surface area contributed by atoms with Crippen LogP contribution in [0, 0.1) is 21.4 Å². The summed E-state index contributed by atoms with van der Waals surface area (Å²) >= 11 is 0. The minimum absolute atomic E-state index is 0.0689. The van der Waals surface area contributed by atoms with Crippen LogP contribution in [0.25, 0.3) is 0 Å². The molecule has 6 nitrogen and oxygen atoms in total. The van der Waals surface area contributed by atoms with Crippen LogP contribution in [0.2, 0.25) is 0 Å². The lowest BCUT2D eigenvalue weighted by molar-refractivity contribution is -0.385. The molecule has 0 aliphatic heterocycles. The van der Waals surface area contributed by atoms with E-state index >= 15 is 0 Å². The number of nitriles is 1. The molecule has 0 amide bonds. The van der Waals surface area contributed by atoms with Crippen molar-refractivity contribution in [3.8, 4) is 11.8 Å². The molecule has 1 atom stereocenters. The second-order valence-corrected chi connectivity index (χ2v) is 4.02. The molecule has 0 aliphatic rings. The van der Waals surface area contributed by atoms with Gasteiger partial charge in [-0.25, -0.2) is 0 Å². The third-order valence-electron chi connectivity index (χ3n) is 2.72. The van der Waals surface area contributed by atoms with Crippen molar-refractivity contribution in [1.29, 1.82) is 5.26 Å². The summed E-state index contributed by atoms with van der Waals surface area (Å²) in [5.74, 6) is 0.221. The van der Waals surface area contributed by atoms with Gasteiger partial charge < -0.3 is 10.1 Å². The lowest BCUT2D eigenvalue weighted by atomic mass is 10.0. The van der Waals surface area contributed by atoms with E-state index in [9.17, 15) is 10.1 Å². The fourth-order valence-electron chi connectivity index (χ4n) is 1.33. The van der Waals surface area contributed by atoms with Gasteiger partial charge in [-0.3, -0.25) is 10.1 Å². The zero-order valence-electron chi connectivity index (χ0n) is 10.3. The molecule has 1 unspecified atom stereocenters. The average Bonchev–Trinajstić information content (AvgIpc) is 2.39. The van der Waals surface area contributed by atoms with E-state index in [1.54, 1.807) is 32.2 Å². The van der Waals surface area contributed by atoms with Gasteiger partial charge in [0.15, 0.2) is 5.75 Å². The Balaban J connectivity index is 2.65. The molecule has 18 heavy (non-hydrogen) atoms. The van der Waals surface area contributed by atoms with Crippen molar-refractivity contribution >= 4 is 5.69 Å². The van der Waals surface area contributed by atoms with Crippen LogP contribution in [0.4, 0.5) is 5.69 Å². The van der Waals surface area contributed by atoms with Gasteiger partial charge in [0.05, 0.1) is 17.6 Å². The summed E-state index contributed by atoms with van der Waals surface area (Å²) in [7, 11) is 1.69. The Bertz CT molecular complexity index is 470. The molecule has 0 fully saturated rings. The van der Waals surface area contributed by atoms with E-state index in [-0.39, 0.29) is 18.0 Å². The first kappa shape index (κ1) is 13.9. The lowest BCUT2D eigenvalue weighted by Crippen LogP contribution is -2.39. The topological polar surface area (TPSA) is 88.2 Å². The van der Waals surface area contributed by atoms with Crippen molar-refractivity contribution in [2.75, 3.05) is 13.7 Å². The molecule has 0 saturated heterocycles. The molecule has 1 rings (SSSR count). The van der Waals surface area contributed by atoms with Crippen molar-refractivity contribution < 1.29 is 9.66 Å². The summed E-state index contributed by atoms with van der Waals surface area (Å²) in [6, 6.07) is 8.31. The Hall–Kier alpha value is -2.13. The monoisotopic (exact) mass is 249 g/mol. The van der Waals surface area contributed by atoms with Crippen LogP contribution in [0.5, 0.6) is 5.75 Å². The fraction of sp³-hybridized carbons (Fsp3) is 0.417. The molecule has 96 valence electrons. The first-order chi connectivity index (χ1) is 8.52. The molecule has 0 saturated carbocycles. The van der Waals surface area contributed by atoms with Crippen molar-refractivity contribution in [3.63, 3.8) is 0 Å². The van der Waals surface area contributed by atoms with Gasteiger partial charge in [-0.2, -0.15) is 5.26 Å². The molecular weight excluding hydrogens is 234 g/mol. The molecule has 0 spiro atoms. The van der Waals surface area contributed by atoms with Gasteiger partial charge in [0.1, 0.15) is 5.54 Å². The number of hydrogen-bond donors (Lipinski definition) is 1. The normalized spacial score (nSPS) is 13.4. The van der Waals surface area contributed by atoms with E-state index in [4.69, 9.17) is 10.00 Å². The largest absolute Gasteiger partial charge is 0.487 e. The Kier molecular flexibility index (Phi) is 4.63. The SMILES string of the molecule is CNC(C)(C#N)CCOc1ccccc1[N+](=O)[O-]. The number of hydrogen-bond acceptors (Lipinski definition) is 5. The lowest BCUT2D eigenvalue weighted by Gasteiger charge is -2.20.